The van der Waals surface area contributed by atoms with E-state index in [0.717, 1.165) is 12.8 Å². The average molecular weight is 214 g/mol. The van der Waals surface area contributed by atoms with Crippen LogP contribution in [0.4, 0.5) is 0 Å². The maximum atomic E-state index is 10.4. The summed E-state index contributed by atoms with van der Waals surface area (Å²) in [5.74, 6) is 0.389. The Kier molecular flexibility index (Phi) is 2.02. The fourth-order valence-corrected chi connectivity index (χ4v) is 3.94. The van der Waals surface area contributed by atoms with E-state index in [2.05, 4.69) is 36.9 Å². The third-order valence-electron chi connectivity index (χ3n) is 4.69. The number of benzene rings is 1. The summed E-state index contributed by atoms with van der Waals surface area (Å²) in [4.78, 5) is 0. The largest absolute Gasteiger partial charge is 0.385 e. The molecule has 0 heterocycles. The third-order valence-corrected chi connectivity index (χ3v) is 4.69. The van der Waals surface area contributed by atoms with E-state index < -0.39 is 5.60 Å². The van der Waals surface area contributed by atoms with Crippen molar-refractivity contribution in [3.63, 3.8) is 0 Å². The summed E-state index contributed by atoms with van der Waals surface area (Å²) in [6.07, 6.45) is 6.20. The fourth-order valence-electron chi connectivity index (χ4n) is 3.94. The standard InChI is InChI=1S/C15H18O/c1-2-15(16)11-14(10-6-9-13(14)15)12-7-4-3-5-8-12/h2-5,7-8,13,16H,1,6,9-11H2/t13-,14-,15+/m0/s1. The summed E-state index contributed by atoms with van der Waals surface area (Å²) in [6.45, 7) is 3.79. The lowest BCUT2D eigenvalue weighted by Gasteiger charge is -2.56. The van der Waals surface area contributed by atoms with Gasteiger partial charge in [-0.3, -0.25) is 0 Å². The van der Waals surface area contributed by atoms with Crippen LogP contribution in [0.5, 0.6) is 0 Å². The van der Waals surface area contributed by atoms with E-state index in [1.54, 1.807) is 6.08 Å². The first-order valence-corrected chi connectivity index (χ1v) is 6.13. The monoisotopic (exact) mass is 214 g/mol. The van der Waals surface area contributed by atoms with Gasteiger partial charge in [-0.15, -0.1) is 6.58 Å². The molecule has 0 radical (unpaired) electrons. The second kappa shape index (κ2) is 3.21. The summed E-state index contributed by atoms with van der Waals surface area (Å²) in [5, 5.41) is 10.4. The molecule has 2 saturated carbocycles. The molecular formula is C15H18O. The predicted octanol–water partition coefficient (Wildman–Crippen LogP) is 3.05. The highest BCUT2D eigenvalue weighted by Crippen LogP contribution is 2.63. The Morgan fingerprint density at radius 1 is 1.31 bits per heavy atom. The van der Waals surface area contributed by atoms with E-state index in [0.29, 0.717) is 5.92 Å². The molecule has 2 aliphatic carbocycles. The molecule has 0 bridgehead atoms. The van der Waals surface area contributed by atoms with E-state index in [4.69, 9.17) is 0 Å². The highest BCUT2D eigenvalue weighted by atomic mass is 16.3. The minimum Gasteiger partial charge on any atom is -0.385 e. The van der Waals surface area contributed by atoms with Gasteiger partial charge in [0.2, 0.25) is 0 Å². The molecule has 0 aliphatic heterocycles. The summed E-state index contributed by atoms with van der Waals surface area (Å²) in [7, 11) is 0. The van der Waals surface area contributed by atoms with Gasteiger partial charge in [0.05, 0.1) is 5.60 Å². The lowest BCUT2D eigenvalue weighted by Crippen LogP contribution is -2.60. The quantitative estimate of drug-likeness (QED) is 0.750. The van der Waals surface area contributed by atoms with Gasteiger partial charge in [0.15, 0.2) is 0 Å². The lowest BCUT2D eigenvalue weighted by molar-refractivity contribution is -0.105. The highest BCUT2D eigenvalue weighted by Gasteiger charge is 2.63. The van der Waals surface area contributed by atoms with Crippen molar-refractivity contribution in [3.8, 4) is 0 Å². The zero-order valence-electron chi connectivity index (χ0n) is 9.52. The first-order chi connectivity index (χ1) is 7.71. The Labute approximate surface area is 96.8 Å². The van der Waals surface area contributed by atoms with Gasteiger partial charge in [-0.1, -0.05) is 42.8 Å². The molecule has 0 unspecified atom stereocenters. The Hall–Kier alpha value is -1.08. The van der Waals surface area contributed by atoms with E-state index in [-0.39, 0.29) is 5.41 Å². The topological polar surface area (TPSA) is 20.2 Å². The van der Waals surface area contributed by atoms with Crippen LogP contribution in [0, 0.1) is 5.92 Å². The predicted molar refractivity (Wildman–Crippen MR) is 65.2 cm³/mol. The van der Waals surface area contributed by atoms with Crippen molar-refractivity contribution in [2.75, 3.05) is 0 Å². The van der Waals surface area contributed by atoms with Gasteiger partial charge < -0.3 is 5.11 Å². The van der Waals surface area contributed by atoms with E-state index in [1.165, 1.54) is 18.4 Å². The molecule has 1 nitrogen and oxygen atoms in total. The normalized spacial score (nSPS) is 41.2. The smallest absolute Gasteiger partial charge is 0.0870 e. The third kappa shape index (κ3) is 1.10. The molecule has 1 heteroatoms. The maximum Gasteiger partial charge on any atom is 0.0870 e. The number of rotatable bonds is 2. The van der Waals surface area contributed by atoms with Crippen LogP contribution in [0.1, 0.15) is 31.2 Å². The molecule has 1 aromatic carbocycles. The molecule has 1 aromatic rings. The molecule has 0 spiro atoms. The van der Waals surface area contributed by atoms with E-state index in [1.807, 2.05) is 0 Å². The zero-order chi connectivity index (χ0) is 11.2. The Morgan fingerprint density at radius 2 is 2.06 bits per heavy atom. The molecule has 84 valence electrons. The molecule has 0 saturated heterocycles. The van der Waals surface area contributed by atoms with Gasteiger partial charge in [-0.05, 0) is 24.8 Å². The first-order valence-electron chi connectivity index (χ1n) is 6.13. The molecule has 1 N–H and O–H groups in total. The Morgan fingerprint density at radius 3 is 2.75 bits per heavy atom. The summed E-state index contributed by atoms with van der Waals surface area (Å²) in [5.41, 5.74) is 1.04. The van der Waals surface area contributed by atoms with Crippen LogP contribution >= 0.6 is 0 Å². The van der Waals surface area contributed by atoms with Crippen molar-refractivity contribution in [2.24, 2.45) is 5.92 Å². The molecule has 2 fully saturated rings. The van der Waals surface area contributed by atoms with Gasteiger partial charge in [0, 0.05) is 11.3 Å². The van der Waals surface area contributed by atoms with Gasteiger partial charge in [-0.25, -0.2) is 0 Å². The van der Waals surface area contributed by atoms with Crippen molar-refractivity contribution in [3.05, 3.63) is 48.6 Å². The minimum absolute atomic E-state index is 0.240. The van der Waals surface area contributed by atoms with Gasteiger partial charge >= 0.3 is 0 Å². The molecule has 2 aliphatic rings. The SMILES string of the molecule is C=C[C@@]1(O)C[C@]2(c3ccccc3)CCC[C@@H]21. The van der Waals surface area contributed by atoms with Crippen LogP contribution in [0.15, 0.2) is 43.0 Å². The highest BCUT2D eigenvalue weighted by molar-refractivity contribution is 5.37. The molecular weight excluding hydrogens is 196 g/mol. The van der Waals surface area contributed by atoms with Crippen LogP contribution in [0.2, 0.25) is 0 Å². The first kappa shape index (κ1) is 10.1. The van der Waals surface area contributed by atoms with Crippen LogP contribution in [-0.2, 0) is 5.41 Å². The number of hydrogen-bond acceptors (Lipinski definition) is 1. The number of fused-ring (bicyclic) bond motifs is 1. The lowest BCUT2D eigenvalue weighted by atomic mass is 9.50. The van der Waals surface area contributed by atoms with E-state index >= 15 is 0 Å². The molecule has 3 atom stereocenters. The molecule has 3 rings (SSSR count). The van der Waals surface area contributed by atoms with Crippen molar-refractivity contribution in [1.82, 2.24) is 0 Å². The Bertz CT molecular complexity index is 411. The van der Waals surface area contributed by atoms with Crippen molar-refractivity contribution < 1.29 is 5.11 Å². The van der Waals surface area contributed by atoms with Crippen molar-refractivity contribution in [1.29, 1.82) is 0 Å². The van der Waals surface area contributed by atoms with Gasteiger partial charge in [0.25, 0.3) is 0 Å². The summed E-state index contributed by atoms with van der Waals surface area (Å²) >= 11 is 0. The van der Waals surface area contributed by atoms with Gasteiger partial charge in [0.1, 0.15) is 0 Å². The summed E-state index contributed by atoms with van der Waals surface area (Å²) < 4.78 is 0. The fraction of sp³-hybridized carbons (Fsp3) is 0.467. The Balaban J connectivity index is 1.99. The van der Waals surface area contributed by atoms with Crippen LogP contribution in [0.25, 0.3) is 0 Å². The molecule has 0 aromatic heterocycles. The number of hydrogen-bond donors (Lipinski definition) is 1. The second-order valence-corrected chi connectivity index (χ2v) is 5.34. The van der Waals surface area contributed by atoms with Gasteiger partial charge in [-0.2, -0.15) is 0 Å². The van der Waals surface area contributed by atoms with Crippen molar-refractivity contribution in [2.45, 2.75) is 36.7 Å². The van der Waals surface area contributed by atoms with E-state index in [9.17, 15) is 5.11 Å². The molecule has 16 heavy (non-hydrogen) atoms. The van der Waals surface area contributed by atoms with Crippen LogP contribution < -0.4 is 0 Å². The molecule has 0 amide bonds. The number of aliphatic hydroxyl groups is 1. The summed E-state index contributed by atoms with van der Waals surface area (Å²) in [6, 6.07) is 10.7. The minimum atomic E-state index is -0.605. The van der Waals surface area contributed by atoms with Crippen LogP contribution in [0.3, 0.4) is 0 Å². The zero-order valence-corrected chi connectivity index (χ0v) is 9.52. The maximum absolute atomic E-state index is 10.4. The van der Waals surface area contributed by atoms with Crippen molar-refractivity contribution >= 4 is 0 Å². The average Bonchev–Trinajstić information content (AvgIpc) is 2.69. The van der Waals surface area contributed by atoms with Crippen LogP contribution in [-0.4, -0.2) is 10.7 Å². The second-order valence-electron chi connectivity index (χ2n) is 5.34.